The number of methoxy groups -OCH3 is 1. The Bertz CT molecular complexity index is 1390. The third-order valence-electron chi connectivity index (χ3n) is 5.07. The first-order valence-corrected chi connectivity index (χ1v) is 10.4. The fourth-order valence-electron chi connectivity index (χ4n) is 3.41. The van der Waals surface area contributed by atoms with Crippen LogP contribution in [-0.4, -0.2) is 42.5 Å². The van der Waals surface area contributed by atoms with E-state index in [1.165, 1.54) is 0 Å². The molecule has 0 amide bonds. The van der Waals surface area contributed by atoms with E-state index >= 15 is 0 Å². The smallest absolute Gasteiger partial charge is 0.195 e. The summed E-state index contributed by atoms with van der Waals surface area (Å²) in [6.45, 7) is 4.28. The van der Waals surface area contributed by atoms with Gasteiger partial charge in [-0.1, -0.05) is 5.16 Å². The number of ether oxygens (including phenoxy) is 1. The molecule has 156 valence electrons. The van der Waals surface area contributed by atoms with Gasteiger partial charge in [-0.25, -0.2) is 19.5 Å². The van der Waals surface area contributed by atoms with E-state index in [9.17, 15) is 0 Å². The summed E-state index contributed by atoms with van der Waals surface area (Å²) in [5.74, 6) is 1.32. The van der Waals surface area contributed by atoms with Crippen molar-refractivity contribution in [1.82, 2.24) is 29.1 Å². The van der Waals surface area contributed by atoms with Crippen LogP contribution in [0.3, 0.4) is 0 Å². The summed E-state index contributed by atoms with van der Waals surface area (Å²) < 4.78 is 8.87. The highest BCUT2D eigenvalue weighted by atomic mass is 32.1. The van der Waals surface area contributed by atoms with Crippen LogP contribution >= 0.6 is 11.3 Å². The molecule has 0 unspecified atom stereocenters. The Kier molecular flexibility index (Phi) is 4.83. The Morgan fingerprint density at radius 3 is 2.71 bits per heavy atom. The van der Waals surface area contributed by atoms with Gasteiger partial charge in [0.15, 0.2) is 28.9 Å². The zero-order valence-corrected chi connectivity index (χ0v) is 18.0. The van der Waals surface area contributed by atoms with Gasteiger partial charge in [-0.05, 0) is 49.2 Å². The minimum Gasteiger partial charge on any atom is -0.497 e. The van der Waals surface area contributed by atoms with Crippen molar-refractivity contribution < 1.29 is 9.57 Å². The Labute approximate surface area is 181 Å². The van der Waals surface area contributed by atoms with Gasteiger partial charge in [0.05, 0.1) is 18.7 Å². The van der Waals surface area contributed by atoms with Crippen molar-refractivity contribution in [3.8, 4) is 10.9 Å². The molecule has 0 fully saturated rings. The summed E-state index contributed by atoms with van der Waals surface area (Å²) in [5.41, 5.74) is 4.63. The molecule has 0 aliphatic heterocycles. The number of oxime groups is 1. The third-order valence-corrected chi connectivity index (χ3v) is 5.83. The molecular formula is C21H19N7O2S. The lowest BCUT2D eigenvalue weighted by molar-refractivity contribution is 0.126. The number of hydrogen-bond donors (Lipinski definition) is 0. The molecular weight excluding hydrogens is 414 g/mol. The molecule has 4 heterocycles. The van der Waals surface area contributed by atoms with E-state index in [0.29, 0.717) is 5.82 Å². The lowest BCUT2D eigenvalue weighted by Gasteiger charge is -2.02. The van der Waals surface area contributed by atoms with Crippen LogP contribution in [0, 0.1) is 13.8 Å². The van der Waals surface area contributed by atoms with E-state index in [0.717, 1.165) is 44.4 Å². The maximum absolute atomic E-state index is 5.41. The summed E-state index contributed by atoms with van der Waals surface area (Å²) in [6.07, 6.45) is 5.09. The summed E-state index contributed by atoms with van der Waals surface area (Å²) in [4.78, 5) is 19.1. The van der Waals surface area contributed by atoms with Crippen LogP contribution in [0.25, 0.3) is 21.8 Å². The van der Waals surface area contributed by atoms with Crippen LogP contribution in [0.2, 0.25) is 0 Å². The lowest BCUT2D eigenvalue weighted by Crippen LogP contribution is -1.98. The van der Waals surface area contributed by atoms with Crippen LogP contribution in [-0.2, 0) is 11.4 Å². The first-order valence-electron chi connectivity index (χ1n) is 9.57. The van der Waals surface area contributed by atoms with Crippen LogP contribution in [0.1, 0.15) is 22.6 Å². The summed E-state index contributed by atoms with van der Waals surface area (Å²) in [7, 11) is 1.63. The number of nitrogens with zero attached hydrogens (tertiary/aromatic N) is 7. The zero-order chi connectivity index (χ0) is 21.4. The first-order chi connectivity index (χ1) is 15.2. The Hall–Kier alpha value is -3.79. The van der Waals surface area contributed by atoms with Gasteiger partial charge in [0.25, 0.3) is 0 Å². The number of benzene rings is 1. The molecule has 0 bridgehead atoms. The molecule has 31 heavy (non-hydrogen) atoms. The van der Waals surface area contributed by atoms with E-state index in [1.54, 1.807) is 41.7 Å². The molecule has 0 aliphatic rings. The highest BCUT2D eigenvalue weighted by Gasteiger charge is 2.19. The molecule has 0 N–H and O–H groups in total. The SMILES string of the molecule is COc1ccc(/C=N/OCc2nc3c4c(C)c(C)n(-c5nccs5)c4ncn3n2)cc1. The molecule has 10 heteroatoms. The molecule has 0 atom stereocenters. The Morgan fingerprint density at radius 2 is 1.97 bits per heavy atom. The largest absolute Gasteiger partial charge is 0.497 e. The fourth-order valence-corrected chi connectivity index (χ4v) is 4.10. The summed E-state index contributed by atoms with van der Waals surface area (Å²) in [6, 6.07) is 7.53. The fraction of sp³-hybridized carbons (Fsp3) is 0.190. The zero-order valence-electron chi connectivity index (χ0n) is 17.2. The summed E-state index contributed by atoms with van der Waals surface area (Å²) in [5, 5.41) is 12.3. The van der Waals surface area contributed by atoms with Gasteiger partial charge in [0, 0.05) is 17.3 Å². The van der Waals surface area contributed by atoms with Gasteiger partial charge in [0.1, 0.15) is 12.1 Å². The van der Waals surface area contributed by atoms with Crippen molar-refractivity contribution in [1.29, 1.82) is 0 Å². The predicted octanol–water partition coefficient (Wildman–Crippen LogP) is 3.70. The number of rotatable bonds is 6. The highest BCUT2D eigenvalue weighted by Crippen LogP contribution is 2.30. The summed E-state index contributed by atoms with van der Waals surface area (Å²) >= 11 is 1.57. The molecule has 0 aliphatic carbocycles. The van der Waals surface area contributed by atoms with E-state index in [-0.39, 0.29) is 6.61 Å². The molecule has 0 saturated carbocycles. The van der Waals surface area contributed by atoms with Crippen LogP contribution in [0.4, 0.5) is 0 Å². The van der Waals surface area contributed by atoms with Crippen LogP contribution < -0.4 is 4.74 Å². The van der Waals surface area contributed by atoms with Crippen molar-refractivity contribution in [3.63, 3.8) is 0 Å². The van der Waals surface area contributed by atoms with Crippen LogP contribution in [0.15, 0.2) is 47.3 Å². The molecule has 0 spiro atoms. The Morgan fingerprint density at radius 1 is 1.13 bits per heavy atom. The van der Waals surface area contributed by atoms with E-state index in [1.807, 2.05) is 29.6 Å². The van der Waals surface area contributed by atoms with Gasteiger partial charge in [0.2, 0.25) is 0 Å². The maximum atomic E-state index is 5.41. The topological polar surface area (TPSA) is 91.7 Å². The molecule has 0 saturated heterocycles. The quantitative estimate of drug-likeness (QED) is 0.300. The highest BCUT2D eigenvalue weighted by molar-refractivity contribution is 7.12. The molecule has 4 aromatic heterocycles. The van der Waals surface area contributed by atoms with Crippen LogP contribution in [0.5, 0.6) is 5.75 Å². The standard InChI is InChI=1S/C21H19N7O2S/c1-13-14(2)28(21-22-8-9-31-21)19-18(13)20-25-17(26-27(20)12-23-19)11-30-24-10-15-4-6-16(29-3)7-5-15/h4-10,12H,11H2,1-3H3/b24-10+. The minimum atomic E-state index is 0.154. The lowest BCUT2D eigenvalue weighted by atomic mass is 10.2. The van der Waals surface area contributed by atoms with Crippen molar-refractivity contribution in [2.75, 3.05) is 7.11 Å². The number of aryl methyl sites for hydroxylation is 1. The monoisotopic (exact) mass is 433 g/mol. The first kappa shape index (κ1) is 19.2. The Balaban J connectivity index is 1.41. The average molecular weight is 433 g/mol. The number of fused-ring (bicyclic) bond motifs is 3. The molecule has 5 rings (SSSR count). The minimum absolute atomic E-state index is 0.154. The van der Waals surface area contributed by atoms with Gasteiger partial charge >= 0.3 is 0 Å². The molecule has 9 nitrogen and oxygen atoms in total. The molecule has 1 aromatic carbocycles. The van der Waals surface area contributed by atoms with E-state index < -0.39 is 0 Å². The van der Waals surface area contributed by atoms with Crippen molar-refractivity contribution in [2.45, 2.75) is 20.5 Å². The number of thiazole rings is 1. The van der Waals surface area contributed by atoms with Gasteiger partial charge in [-0.2, -0.15) is 0 Å². The average Bonchev–Trinajstić information content (AvgIpc) is 3.51. The number of hydrogen-bond acceptors (Lipinski definition) is 8. The third kappa shape index (κ3) is 3.40. The number of aromatic nitrogens is 6. The van der Waals surface area contributed by atoms with Crippen molar-refractivity contribution >= 4 is 34.2 Å². The van der Waals surface area contributed by atoms with Crippen molar-refractivity contribution in [2.24, 2.45) is 5.16 Å². The second-order valence-electron chi connectivity index (χ2n) is 6.88. The molecule has 0 radical (unpaired) electrons. The van der Waals surface area contributed by atoms with E-state index in [4.69, 9.17) is 9.57 Å². The van der Waals surface area contributed by atoms with Gasteiger partial charge in [-0.15, -0.1) is 16.4 Å². The molecule has 5 aromatic rings. The van der Waals surface area contributed by atoms with Gasteiger partial charge < -0.3 is 9.57 Å². The van der Waals surface area contributed by atoms with Crippen molar-refractivity contribution in [3.05, 3.63) is 64.8 Å². The van der Waals surface area contributed by atoms with E-state index in [2.05, 4.69) is 43.6 Å². The van der Waals surface area contributed by atoms with Gasteiger partial charge in [-0.3, -0.25) is 4.57 Å². The maximum Gasteiger partial charge on any atom is 0.195 e. The predicted molar refractivity (Wildman–Crippen MR) is 118 cm³/mol. The normalized spacial score (nSPS) is 11.7. The second-order valence-corrected chi connectivity index (χ2v) is 7.75. The second kappa shape index (κ2) is 7.80.